The molecule has 0 heterocycles. The molecule has 0 aromatic heterocycles. The summed E-state index contributed by atoms with van der Waals surface area (Å²) in [5.41, 5.74) is 11.2. The van der Waals surface area contributed by atoms with E-state index in [1.54, 1.807) is 0 Å². The van der Waals surface area contributed by atoms with Gasteiger partial charge in [-0.15, -0.1) is 0 Å². The molecule has 0 radical (unpaired) electrons. The minimum Gasteiger partial charge on any atom is -0.469 e. The standard InChI is InChI=1S/C19H40N2OS/c1-2-3-4-5-6-7-8-9-10-11-12-13-14-15-19(23)22-18(21)16-17-20/h18H,2-17,20-21H2,1H3. The predicted molar refractivity (Wildman–Crippen MR) is 106 cm³/mol. The van der Waals surface area contributed by atoms with Crippen LogP contribution in [0.15, 0.2) is 0 Å². The molecule has 4 N–H and O–H groups in total. The number of nitrogens with two attached hydrogens (primary N) is 2. The van der Waals surface area contributed by atoms with Gasteiger partial charge < -0.3 is 10.5 Å². The van der Waals surface area contributed by atoms with Crippen LogP contribution in [0.4, 0.5) is 0 Å². The zero-order valence-corrected chi connectivity index (χ0v) is 16.2. The maximum absolute atomic E-state index is 5.74. The van der Waals surface area contributed by atoms with Crippen molar-refractivity contribution in [2.75, 3.05) is 6.54 Å². The average molecular weight is 345 g/mol. The van der Waals surface area contributed by atoms with E-state index in [1.165, 1.54) is 77.0 Å². The molecule has 138 valence electrons. The number of hydrogen-bond acceptors (Lipinski definition) is 4. The molecule has 23 heavy (non-hydrogen) atoms. The zero-order chi connectivity index (χ0) is 17.2. The molecule has 0 saturated carbocycles. The Balaban J connectivity index is 3.17. The smallest absolute Gasteiger partial charge is 0.162 e. The fourth-order valence-electron chi connectivity index (χ4n) is 2.74. The van der Waals surface area contributed by atoms with Gasteiger partial charge in [0.15, 0.2) is 5.05 Å². The largest absolute Gasteiger partial charge is 0.469 e. The lowest BCUT2D eigenvalue weighted by molar-refractivity contribution is 0.188. The van der Waals surface area contributed by atoms with Crippen LogP contribution in [0.3, 0.4) is 0 Å². The van der Waals surface area contributed by atoms with Gasteiger partial charge in [0.1, 0.15) is 6.23 Å². The molecule has 1 unspecified atom stereocenters. The van der Waals surface area contributed by atoms with E-state index in [-0.39, 0.29) is 6.23 Å². The van der Waals surface area contributed by atoms with E-state index in [0.717, 1.165) is 12.8 Å². The van der Waals surface area contributed by atoms with Gasteiger partial charge in [-0.25, -0.2) is 0 Å². The average Bonchev–Trinajstić information content (AvgIpc) is 2.52. The van der Waals surface area contributed by atoms with Crippen LogP contribution in [0.5, 0.6) is 0 Å². The topological polar surface area (TPSA) is 61.3 Å². The molecule has 0 fully saturated rings. The molecular formula is C19H40N2OS. The first-order valence-electron chi connectivity index (χ1n) is 9.85. The monoisotopic (exact) mass is 344 g/mol. The van der Waals surface area contributed by atoms with Crippen molar-refractivity contribution in [1.29, 1.82) is 0 Å². The van der Waals surface area contributed by atoms with Crippen molar-refractivity contribution >= 4 is 17.3 Å². The second-order valence-electron chi connectivity index (χ2n) is 6.60. The van der Waals surface area contributed by atoms with Gasteiger partial charge in [-0.2, -0.15) is 0 Å². The highest BCUT2D eigenvalue weighted by molar-refractivity contribution is 7.80. The highest BCUT2D eigenvalue weighted by Crippen LogP contribution is 2.13. The highest BCUT2D eigenvalue weighted by atomic mass is 32.1. The summed E-state index contributed by atoms with van der Waals surface area (Å²) in [5, 5.41) is 0.647. The Morgan fingerprint density at radius 1 is 0.826 bits per heavy atom. The number of unbranched alkanes of at least 4 members (excludes halogenated alkanes) is 12. The Kier molecular flexibility index (Phi) is 18.0. The molecule has 0 aromatic carbocycles. The van der Waals surface area contributed by atoms with Crippen LogP contribution < -0.4 is 11.5 Å². The van der Waals surface area contributed by atoms with E-state index < -0.39 is 0 Å². The summed E-state index contributed by atoms with van der Waals surface area (Å²) in [6, 6.07) is 0. The van der Waals surface area contributed by atoms with Gasteiger partial charge in [0.2, 0.25) is 0 Å². The van der Waals surface area contributed by atoms with Crippen LogP contribution in [0, 0.1) is 0 Å². The summed E-state index contributed by atoms with van der Waals surface area (Å²) in [6.45, 7) is 2.82. The summed E-state index contributed by atoms with van der Waals surface area (Å²) < 4.78 is 5.43. The first kappa shape index (κ1) is 22.8. The third-order valence-corrected chi connectivity index (χ3v) is 4.52. The molecule has 0 saturated heterocycles. The Hall–Kier alpha value is -0.190. The second-order valence-corrected chi connectivity index (χ2v) is 7.05. The highest BCUT2D eigenvalue weighted by Gasteiger charge is 2.05. The van der Waals surface area contributed by atoms with Gasteiger partial charge in [0, 0.05) is 12.8 Å². The van der Waals surface area contributed by atoms with Crippen LogP contribution in [-0.2, 0) is 4.74 Å². The summed E-state index contributed by atoms with van der Waals surface area (Å²) in [5.74, 6) is 0. The maximum atomic E-state index is 5.74. The quantitative estimate of drug-likeness (QED) is 0.209. The Bertz CT molecular complexity index is 262. The zero-order valence-electron chi connectivity index (χ0n) is 15.4. The van der Waals surface area contributed by atoms with Gasteiger partial charge in [-0.05, 0) is 25.2 Å². The first-order chi connectivity index (χ1) is 11.2. The third kappa shape index (κ3) is 18.0. The van der Waals surface area contributed by atoms with Gasteiger partial charge in [0.05, 0.1) is 0 Å². The number of rotatable bonds is 17. The summed E-state index contributed by atoms with van der Waals surface area (Å²) in [4.78, 5) is 0. The molecule has 4 heteroatoms. The molecule has 0 rings (SSSR count). The molecule has 0 amide bonds. The second kappa shape index (κ2) is 18.2. The molecule has 1 atom stereocenters. The van der Waals surface area contributed by atoms with E-state index in [1.807, 2.05) is 0 Å². The van der Waals surface area contributed by atoms with Gasteiger partial charge in [-0.3, -0.25) is 5.73 Å². The first-order valence-corrected chi connectivity index (χ1v) is 10.3. The fourth-order valence-corrected chi connectivity index (χ4v) is 3.01. The van der Waals surface area contributed by atoms with E-state index in [9.17, 15) is 0 Å². The minimum absolute atomic E-state index is 0.325. The lowest BCUT2D eigenvalue weighted by Gasteiger charge is -2.13. The molecular weight excluding hydrogens is 304 g/mol. The minimum atomic E-state index is -0.325. The molecule has 0 spiro atoms. The number of hydrogen-bond donors (Lipinski definition) is 2. The van der Waals surface area contributed by atoms with Crippen molar-refractivity contribution in [3.63, 3.8) is 0 Å². The van der Waals surface area contributed by atoms with Crippen LogP contribution in [0.1, 0.15) is 103 Å². The van der Waals surface area contributed by atoms with E-state index in [0.29, 0.717) is 18.0 Å². The molecule has 3 nitrogen and oxygen atoms in total. The molecule has 0 aliphatic carbocycles. The fraction of sp³-hybridized carbons (Fsp3) is 0.947. The number of ether oxygens (including phenoxy) is 1. The Morgan fingerprint density at radius 3 is 1.70 bits per heavy atom. The van der Waals surface area contributed by atoms with Crippen molar-refractivity contribution < 1.29 is 4.74 Å². The summed E-state index contributed by atoms with van der Waals surface area (Å²) in [7, 11) is 0. The molecule has 0 bridgehead atoms. The van der Waals surface area contributed by atoms with E-state index >= 15 is 0 Å². The van der Waals surface area contributed by atoms with Crippen molar-refractivity contribution in [1.82, 2.24) is 0 Å². The summed E-state index contributed by atoms with van der Waals surface area (Å²) >= 11 is 5.19. The van der Waals surface area contributed by atoms with Crippen molar-refractivity contribution in [2.45, 2.75) is 109 Å². The van der Waals surface area contributed by atoms with Crippen LogP contribution in [0.25, 0.3) is 0 Å². The predicted octanol–water partition coefficient (Wildman–Crippen LogP) is 5.45. The van der Waals surface area contributed by atoms with E-state index in [2.05, 4.69) is 6.92 Å². The Morgan fingerprint density at radius 2 is 1.26 bits per heavy atom. The summed E-state index contributed by atoms with van der Waals surface area (Å²) in [6.07, 6.45) is 18.9. The van der Waals surface area contributed by atoms with Crippen molar-refractivity contribution in [2.24, 2.45) is 11.5 Å². The van der Waals surface area contributed by atoms with E-state index in [4.69, 9.17) is 28.4 Å². The maximum Gasteiger partial charge on any atom is 0.162 e. The number of thiocarbonyl (C=S) groups is 1. The Labute approximate surface area is 149 Å². The SMILES string of the molecule is CCCCCCCCCCCCCCCC(=S)OC(N)CCN. The molecule has 0 aromatic rings. The normalized spacial score (nSPS) is 12.3. The van der Waals surface area contributed by atoms with Crippen LogP contribution in [0.2, 0.25) is 0 Å². The van der Waals surface area contributed by atoms with Gasteiger partial charge in [0.25, 0.3) is 0 Å². The lowest BCUT2D eigenvalue weighted by Crippen LogP contribution is -2.28. The van der Waals surface area contributed by atoms with Crippen LogP contribution >= 0.6 is 12.2 Å². The van der Waals surface area contributed by atoms with Gasteiger partial charge >= 0.3 is 0 Å². The molecule has 0 aliphatic rings. The lowest BCUT2D eigenvalue weighted by atomic mass is 10.0. The van der Waals surface area contributed by atoms with Gasteiger partial charge in [-0.1, -0.05) is 84.0 Å². The van der Waals surface area contributed by atoms with Crippen LogP contribution in [-0.4, -0.2) is 17.8 Å². The third-order valence-electron chi connectivity index (χ3n) is 4.22. The van der Waals surface area contributed by atoms with Crippen molar-refractivity contribution in [3.8, 4) is 0 Å². The molecule has 0 aliphatic heterocycles. The van der Waals surface area contributed by atoms with Crippen molar-refractivity contribution in [3.05, 3.63) is 0 Å².